The van der Waals surface area contributed by atoms with Gasteiger partial charge in [0.25, 0.3) is 0 Å². The molecule has 1 aromatic carbocycles. The minimum absolute atomic E-state index is 0.764. The zero-order valence-corrected chi connectivity index (χ0v) is 11.2. The number of aromatic nitrogens is 3. The van der Waals surface area contributed by atoms with Crippen LogP contribution in [0.2, 0.25) is 0 Å². The van der Waals surface area contributed by atoms with Gasteiger partial charge in [-0.15, -0.1) is 5.10 Å². The van der Waals surface area contributed by atoms with Gasteiger partial charge in [-0.1, -0.05) is 24.3 Å². The zero-order valence-electron chi connectivity index (χ0n) is 9.02. The maximum atomic E-state index is 4.12. The molecule has 5 heteroatoms. The molecule has 0 fully saturated rings. The highest BCUT2D eigenvalue weighted by Gasteiger charge is 2.04. The predicted octanol–water partition coefficient (Wildman–Crippen LogP) is 1.98. The summed E-state index contributed by atoms with van der Waals surface area (Å²) in [6, 6.07) is 8.11. The van der Waals surface area contributed by atoms with Gasteiger partial charge in [-0.2, -0.15) is 0 Å². The lowest BCUT2D eigenvalue weighted by atomic mass is 10.3. The number of benzene rings is 1. The number of rotatable bonds is 4. The Kier molecular flexibility index (Phi) is 3.89. The van der Waals surface area contributed by atoms with Crippen molar-refractivity contribution < 1.29 is 0 Å². The molecular formula is C11H13IN4. The fraction of sp³-hybridized carbons (Fsp3) is 0.273. The van der Waals surface area contributed by atoms with Gasteiger partial charge in [0.15, 0.2) is 0 Å². The van der Waals surface area contributed by atoms with E-state index in [4.69, 9.17) is 0 Å². The Morgan fingerprint density at radius 1 is 1.38 bits per heavy atom. The van der Waals surface area contributed by atoms with Gasteiger partial charge in [-0.3, -0.25) is 0 Å². The summed E-state index contributed by atoms with van der Waals surface area (Å²) in [6.07, 6.45) is 1.96. The van der Waals surface area contributed by atoms with Gasteiger partial charge in [0, 0.05) is 10.1 Å². The summed E-state index contributed by atoms with van der Waals surface area (Å²) < 4.78 is 2.98. The molecule has 1 heterocycles. The van der Waals surface area contributed by atoms with E-state index in [0.717, 1.165) is 24.5 Å². The maximum Gasteiger partial charge on any atom is 0.0969 e. The van der Waals surface area contributed by atoms with Crippen molar-refractivity contribution in [3.05, 3.63) is 39.7 Å². The molecule has 4 nitrogen and oxygen atoms in total. The van der Waals surface area contributed by atoms with Crippen LogP contribution in [0.25, 0.3) is 5.69 Å². The van der Waals surface area contributed by atoms with Crippen LogP contribution in [0.3, 0.4) is 0 Å². The van der Waals surface area contributed by atoms with Crippen molar-refractivity contribution in [2.45, 2.75) is 13.5 Å². The van der Waals surface area contributed by atoms with E-state index in [9.17, 15) is 0 Å². The number of hydrogen-bond acceptors (Lipinski definition) is 3. The molecule has 0 saturated heterocycles. The molecule has 0 aliphatic carbocycles. The summed E-state index contributed by atoms with van der Waals surface area (Å²) in [6.45, 7) is 3.78. The second-order valence-corrected chi connectivity index (χ2v) is 4.55. The van der Waals surface area contributed by atoms with E-state index in [-0.39, 0.29) is 0 Å². The maximum absolute atomic E-state index is 4.12. The Hall–Kier alpha value is -0.950. The highest BCUT2D eigenvalue weighted by Crippen LogP contribution is 2.15. The van der Waals surface area contributed by atoms with Gasteiger partial charge in [0.1, 0.15) is 0 Å². The summed E-state index contributed by atoms with van der Waals surface area (Å²) in [4.78, 5) is 0. The number of para-hydroxylation sites is 1. The van der Waals surface area contributed by atoms with Crippen LogP contribution in [0.5, 0.6) is 0 Å². The molecular weight excluding hydrogens is 315 g/mol. The Labute approximate surface area is 108 Å². The van der Waals surface area contributed by atoms with Crippen molar-refractivity contribution in [2.24, 2.45) is 0 Å². The lowest BCUT2D eigenvalue weighted by Crippen LogP contribution is -2.11. The van der Waals surface area contributed by atoms with Gasteiger partial charge in [0.05, 0.1) is 17.6 Å². The molecule has 0 radical (unpaired) electrons. The molecule has 0 aliphatic heterocycles. The Morgan fingerprint density at radius 2 is 2.19 bits per heavy atom. The molecule has 0 aliphatic rings. The van der Waals surface area contributed by atoms with Crippen molar-refractivity contribution >= 4 is 22.6 Å². The molecule has 0 saturated carbocycles. The molecule has 84 valence electrons. The van der Waals surface area contributed by atoms with Gasteiger partial charge >= 0.3 is 0 Å². The van der Waals surface area contributed by atoms with Gasteiger partial charge < -0.3 is 5.32 Å². The third-order valence-corrected chi connectivity index (χ3v) is 3.11. The van der Waals surface area contributed by atoms with E-state index in [1.165, 1.54) is 3.57 Å². The second-order valence-electron chi connectivity index (χ2n) is 3.39. The first-order valence-electron chi connectivity index (χ1n) is 5.18. The van der Waals surface area contributed by atoms with Crippen LogP contribution in [0.1, 0.15) is 12.6 Å². The van der Waals surface area contributed by atoms with E-state index in [1.807, 2.05) is 29.1 Å². The molecule has 2 rings (SSSR count). The summed E-state index contributed by atoms with van der Waals surface area (Å²) >= 11 is 2.30. The molecule has 0 unspecified atom stereocenters. The van der Waals surface area contributed by atoms with Crippen molar-refractivity contribution in [3.8, 4) is 5.69 Å². The first-order valence-corrected chi connectivity index (χ1v) is 6.26. The summed E-state index contributed by atoms with van der Waals surface area (Å²) in [5.74, 6) is 0. The zero-order chi connectivity index (χ0) is 11.4. The molecule has 2 aromatic rings. The average Bonchev–Trinajstić information content (AvgIpc) is 2.75. The molecule has 16 heavy (non-hydrogen) atoms. The molecule has 0 atom stereocenters. The Morgan fingerprint density at radius 3 is 2.94 bits per heavy atom. The first kappa shape index (κ1) is 11.5. The number of halogens is 1. The van der Waals surface area contributed by atoms with Crippen LogP contribution < -0.4 is 5.32 Å². The molecule has 0 spiro atoms. The van der Waals surface area contributed by atoms with Crippen molar-refractivity contribution in [2.75, 3.05) is 6.54 Å². The summed E-state index contributed by atoms with van der Waals surface area (Å²) in [7, 11) is 0. The van der Waals surface area contributed by atoms with Crippen LogP contribution in [0.15, 0.2) is 30.5 Å². The van der Waals surface area contributed by atoms with Crippen LogP contribution in [0.4, 0.5) is 0 Å². The normalized spacial score (nSPS) is 10.6. The highest BCUT2D eigenvalue weighted by atomic mass is 127. The topological polar surface area (TPSA) is 42.7 Å². The van der Waals surface area contributed by atoms with E-state index in [0.29, 0.717) is 0 Å². The van der Waals surface area contributed by atoms with Gasteiger partial charge in [-0.25, -0.2) is 4.68 Å². The smallest absolute Gasteiger partial charge is 0.0969 e. The van der Waals surface area contributed by atoms with Gasteiger partial charge in [0.2, 0.25) is 0 Å². The van der Waals surface area contributed by atoms with E-state index < -0.39 is 0 Å². The van der Waals surface area contributed by atoms with Crippen LogP contribution in [-0.4, -0.2) is 21.5 Å². The second kappa shape index (κ2) is 5.40. The minimum atomic E-state index is 0.764. The fourth-order valence-corrected chi connectivity index (χ4v) is 2.02. The molecule has 0 bridgehead atoms. The average molecular weight is 328 g/mol. The molecule has 1 N–H and O–H groups in total. The Bertz CT molecular complexity index is 467. The first-order chi connectivity index (χ1) is 7.81. The van der Waals surface area contributed by atoms with E-state index in [1.54, 1.807) is 0 Å². The monoisotopic (exact) mass is 328 g/mol. The van der Waals surface area contributed by atoms with Crippen LogP contribution in [0, 0.1) is 3.57 Å². The van der Waals surface area contributed by atoms with E-state index >= 15 is 0 Å². The van der Waals surface area contributed by atoms with E-state index in [2.05, 4.69) is 51.2 Å². The molecule has 0 amide bonds. The summed E-state index contributed by atoms with van der Waals surface area (Å²) in [5.41, 5.74) is 2.03. The van der Waals surface area contributed by atoms with Gasteiger partial charge in [-0.05, 0) is 41.3 Å². The number of nitrogens with one attached hydrogen (secondary N) is 1. The number of nitrogens with zero attached hydrogens (tertiary/aromatic N) is 3. The van der Waals surface area contributed by atoms with Crippen molar-refractivity contribution in [3.63, 3.8) is 0 Å². The minimum Gasteiger partial charge on any atom is -0.311 e. The summed E-state index contributed by atoms with van der Waals surface area (Å²) in [5, 5.41) is 11.5. The fourth-order valence-electron chi connectivity index (χ4n) is 1.39. The van der Waals surface area contributed by atoms with Crippen LogP contribution in [-0.2, 0) is 6.54 Å². The number of hydrogen-bond donors (Lipinski definition) is 1. The lowest BCUT2D eigenvalue weighted by Gasteiger charge is -2.01. The lowest BCUT2D eigenvalue weighted by molar-refractivity contribution is 0.705. The third-order valence-electron chi connectivity index (χ3n) is 2.20. The largest absolute Gasteiger partial charge is 0.311 e. The standard InChI is InChI=1S/C11H13IN4/c1-2-13-7-9-8-16(15-14-9)11-6-4-3-5-10(11)12/h3-6,8,13H,2,7H2,1H3. The predicted molar refractivity (Wildman–Crippen MR) is 71.5 cm³/mol. The third kappa shape index (κ3) is 2.59. The SMILES string of the molecule is CCNCc1cn(-c2ccccc2I)nn1. The Balaban J connectivity index is 2.22. The van der Waals surface area contributed by atoms with Crippen molar-refractivity contribution in [1.82, 2.24) is 20.3 Å². The van der Waals surface area contributed by atoms with Crippen LogP contribution >= 0.6 is 22.6 Å². The van der Waals surface area contributed by atoms with Crippen molar-refractivity contribution in [1.29, 1.82) is 0 Å². The highest BCUT2D eigenvalue weighted by molar-refractivity contribution is 14.1. The molecule has 1 aromatic heterocycles. The quantitative estimate of drug-likeness (QED) is 0.873.